The first-order chi connectivity index (χ1) is 8.24. The summed E-state index contributed by atoms with van der Waals surface area (Å²) in [6.07, 6.45) is 1.78. The quantitative estimate of drug-likeness (QED) is 0.683. The molecule has 0 radical (unpaired) electrons. The monoisotopic (exact) mass is 225 g/mol. The van der Waals surface area contributed by atoms with E-state index < -0.39 is 0 Å². The number of hydrogen-bond donors (Lipinski definition) is 1. The van der Waals surface area contributed by atoms with E-state index in [1.54, 1.807) is 17.9 Å². The minimum atomic E-state index is 0.409. The van der Waals surface area contributed by atoms with E-state index >= 15 is 0 Å². The number of hydrogen-bond acceptors (Lipinski definition) is 4. The zero-order valence-corrected chi connectivity index (χ0v) is 9.33. The van der Waals surface area contributed by atoms with E-state index in [0.717, 1.165) is 16.5 Å². The number of anilines is 1. The maximum atomic E-state index is 5.67. The molecule has 0 spiro atoms. The highest BCUT2D eigenvalue weighted by Crippen LogP contribution is 2.21. The van der Waals surface area contributed by atoms with Crippen LogP contribution in [0.25, 0.3) is 22.3 Å². The van der Waals surface area contributed by atoms with Gasteiger partial charge in [-0.3, -0.25) is 4.98 Å². The summed E-state index contributed by atoms with van der Waals surface area (Å²) in [7, 11) is 1.77. The molecule has 0 aliphatic rings. The average molecular weight is 225 g/mol. The normalized spacial score (nSPS) is 10.9. The van der Waals surface area contributed by atoms with Crippen molar-refractivity contribution in [2.45, 2.75) is 0 Å². The third-order valence-electron chi connectivity index (χ3n) is 2.66. The van der Waals surface area contributed by atoms with Crippen LogP contribution in [-0.4, -0.2) is 19.7 Å². The summed E-state index contributed by atoms with van der Waals surface area (Å²) in [6.45, 7) is 0. The lowest BCUT2D eigenvalue weighted by Gasteiger charge is -1.98. The Morgan fingerprint density at radius 3 is 2.88 bits per heavy atom. The molecule has 2 aromatic heterocycles. The van der Waals surface area contributed by atoms with Crippen molar-refractivity contribution in [3.8, 4) is 11.4 Å². The van der Waals surface area contributed by atoms with Crippen molar-refractivity contribution in [2.24, 2.45) is 7.05 Å². The molecule has 3 aromatic rings. The Morgan fingerprint density at radius 2 is 2.12 bits per heavy atom. The molecule has 0 amide bonds. The maximum absolute atomic E-state index is 5.67. The van der Waals surface area contributed by atoms with E-state index in [-0.39, 0.29) is 0 Å². The van der Waals surface area contributed by atoms with Crippen LogP contribution in [0.15, 0.2) is 36.5 Å². The molecule has 1 aromatic carbocycles. The molecule has 2 N–H and O–H groups in total. The van der Waals surface area contributed by atoms with Gasteiger partial charge in [-0.1, -0.05) is 6.07 Å². The number of nitrogen functional groups attached to an aromatic ring is 1. The summed E-state index contributed by atoms with van der Waals surface area (Å²) in [5.74, 6) is 1.04. The predicted molar refractivity (Wildman–Crippen MR) is 66.2 cm³/mol. The van der Waals surface area contributed by atoms with Gasteiger partial charge < -0.3 is 5.73 Å². The highest BCUT2D eigenvalue weighted by molar-refractivity contribution is 5.83. The molecule has 17 heavy (non-hydrogen) atoms. The van der Waals surface area contributed by atoms with Gasteiger partial charge >= 0.3 is 0 Å². The van der Waals surface area contributed by atoms with E-state index in [1.165, 1.54) is 0 Å². The first-order valence-corrected chi connectivity index (χ1v) is 5.26. The van der Waals surface area contributed by atoms with Gasteiger partial charge in [-0.25, -0.2) is 4.68 Å². The number of aryl methyl sites for hydroxylation is 1. The van der Waals surface area contributed by atoms with Gasteiger partial charge in [-0.2, -0.15) is 4.98 Å². The topological polar surface area (TPSA) is 69.6 Å². The van der Waals surface area contributed by atoms with E-state index in [9.17, 15) is 0 Å². The average Bonchev–Trinajstić information content (AvgIpc) is 2.69. The van der Waals surface area contributed by atoms with E-state index in [2.05, 4.69) is 15.1 Å². The zero-order chi connectivity index (χ0) is 11.8. The maximum Gasteiger partial charge on any atom is 0.218 e. The molecule has 84 valence electrons. The molecule has 0 atom stereocenters. The molecule has 0 aliphatic carbocycles. The number of pyridine rings is 1. The Labute approximate surface area is 97.9 Å². The van der Waals surface area contributed by atoms with E-state index in [0.29, 0.717) is 11.8 Å². The summed E-state index contributed by atoms with van der Waals surface area (Å²) in [4.78, 5) is 8.46. The summed E-state index contributed by atoms with van der Waals surface area (Å²) < 4.78 is 1.56. The van der Waals surface area contributed by atoms with Gasteiger partial charge in [0.1, 0.15) is 0 Å². The predicted octanol–water partition coefficient (Wildman–Crippen LogP) is 1.61. The second-order valence-electron chi connectivity index (χ2n) is 3.83. The molecule has 0 saturated heterocycles. The Hall–Kier alpha value is -2.43. The first-order valence-electron chi connectivity index (χ1n) is 5.26. The third-order valence-corrected chi connectivity index (χ3v) is 2.66. The fraction of sp³-hybridized carbons (Fsp3) is 0.0833. The molecule has 0 bridgehead atoms. The Morgan fingerprint density at radius 1 is 1.24 bits per heavy atom. The van der Waals surface area contributed by atoms with Crippen LogP contribution in [0.4, 0.5) is 5.95 Å². The van der Waals surface area contributed by atoms with Gasteiger partial charge in [0, 0.05) is 24.2 Å². The summed E-state index contributed by atoms with van der Waals surface area (Å²) >= 11 is 0. The van der Waals surface area contributed by atoms with Crippen molar-refractivity contribution in [2.75, 3.05) is 5.73 Å². The lowest BCUT2D eigenvalue weighted by molar-refractivity contribution is 0.781. The van der Waals surface area contributed by atoms with Crippen LogP contribution >= 0.6 is 0 Å². The largest absolute Gasteiger partial charge is 0.368 e. The van der Waals surface area contributed by atoms with Crippen LogP contribution in [0.5, 0.6) is 0 Å². The molecule has 0 fully saturated rings. The smallest absolute Gasteiger partial charge is 0.218 e. The van der Waals surface area contributed by atoms with E-state index in [4.69, 9.17) is 5.73 Å². The van der Waals surface area contributed by atoms with Gasteiger partial charge in [0.15, 0.2) is 5.82 Å². The highest BCUT2D eigenvalue weighted by atomic mass is 15.4. The van der Waals surface area contributed by atoms with Gasteiger partial charge in [-0.15, -0.1) is 5.10 Å². The molecule has 0 unspecified atom stereocenters. The number of benzene rings is 1. The first kappa shape index (κ1) is 9.77. The minimum absolute atomic E-state index is 0.409. The van der Waals surface area contributed by atoms with Crippen LogP contribution in [0.3, 0.4) is 0 Å². The van der Waals surface area contributed by atoms with Crippen molar-refractivity contribution >= 4 is 16.9 Å². The van der Waals surface area contributed by atoms with Crippen molar-refractivity contribution in [1.29, 1.82) is 0 Å². The van der Waals surface area contributed by atoms with Crippen molar-refractivity contribution < 1.29 is 0 Å². The Kier molecular flexibility index (Phi) is 2.04. The molecule has 5 nitrogen and oxygen atoms in total. The molecule has 5 heteroatoms. The fourth-order valence-electron chi connectivity index (χ4n) is 1.73. The molecule has 2 heterocycles. The number of aromatic nitrogens is 4. The van der Waals surface area contributed by atoms with Crippen LogP contribution in [0.1, 0.15) is 0 Å². The fourth-order valence-corrected chi connectivity index (χ4v) is 1.73. The summed E-state index contributed by atoms with van der Waals surface area (Å²) in [5, 5.41) is 5.31. The standard InChI is InChI=1S/C12H11N5/c1-17-12(13)15-11(16-17)9-4-5-10-8(7-9)3-2-6-14-10/h2-7H,1H3,(H2,13,15,16). The number of fused-ring (bicyclic) bond motifs is 1. The van der Waals surface area contributed by atoms with Gasteiger partial charge in [0.25, 0.3) is 0 Å². The van der Waals surface area contributed by atoms with Crippen LogP contribution in [0, 0.1) is 0 Å². The minimum Gasteiger partial charge on any atom is -0.368 e. The Balaban J connectivity index is 2.17. The molecular formula is C12H11N5. The Bertz CT molecular complexity index is 667. The van der Waals surface area contributed by atoms with Gasteiger partial charge in [-0.05, 0) is 24.3 Å². The van der Waals surface area contributed by atoms with Crippen LogP contribution in [-0.2, 0) is 7.05 Å². The van der Waals surface area contributed by atoms with Crippen molar-refractivity contribution in [3.63, 3.8) is 0 Å². The van der Waals surface area contributed by atoms with E-state index in [1.807, 2.05) is 30.3 Å². The summed E-state index contributed by atoms with van der Waals surface area (Å²) in [6, 6.07) is 9.84. The molecular weight excluding hydrogens is 214 g/mol. The highest BCUT2D eigenvalue weighted by Gasteiger charge is 2.07. The van der Waals surface area contributed by atoms with Crippen molar-refractivity contribution in [3.05, 3.63) is 36.5 Å². The lowest BCUT2D eigenvalue weighted by Crippen LogP contribution is -1.97. The van der Waals surface area contributed by atoms with Crippen LogP contribution in [0.2, 0.25) is 0 Å². The number of nitrogens with two attached hydrogens (primary N) is 1. The lowest BCUT2D eigenvalue weighted by atomic mass is 10.1. The van der Waals surface area contributed by atoms with Gasteiger partial charge in [0.2, 0.25) is 5.95 Å². The van der Waals surface area contributed by atoms with Gasteiger partial charge in [0.05, 0.1) is 5.52 Å². The zero-order valence-electron chi connectivity index (χ0n) is 9.33. The molecule has 0 saturated carbocycles. The molecule has 3 rings (SSSR count). The number of rotatable bonds is 1. The summed E-state index contributed by atoms with van der Waals surface area (Å²) in [5.41, 5.74) is 7.57. The third kappa shape index (κ3) is 1.61. The number of nitrogens with zero attached hydrogens (tertiary/aromatic N) is 4. The second-order valence-corrected chi connectivity index (χ2v) is 3.83. The molecule has 0 aliphatic heterocycles. The van der Waals surface area contributed by atoms with Crippen LogP contribution < -0.4 is 5.73 Å². The van der Waals surface area contributed by atoms with Crippen molar-refractivity contribution in [1.82, 2.24) is 19.7 Å². The SMILES string of the molecule is Cn1nc(-c2ccc3ncccc3c2)nc1N. The second kappa shape index (κ2) is 3.55.